The van der Waals surface area contributed by atoms with Crippen LogP contribution in [0.2, 0.25) is 0 Å². The van der Waals surface area contributed by atoms with E-state index in [1.54, 1.807) is 10.6 Å². The smallest absolute Gasteiger partial charge is 0.182 e. The van der Waals surface area contributed by atoms with Crippen molar-refractivity contribution in [1.29, 1.82) is 5.41 Å². The second kappa shape index (κ2) is 7.12. The van der Waals surface area contributed by atoms with Crippen LogP contribution in [0.15, 0.2) is 30.3 Å². The molecule has 0 unspecified atom stereocenters. The van der Waals surface area contributed by atoms with Gasteiger partial charge in [0.1, 0.15) is 11.3 Å². The topological polar surface area (TPSA) is 58.7 Å². The van der Waals surface area contributed by atoms with Crippen LogP contribution in [0.25, 0.3) is 0 Å². The number of Topliss-reactive ketones (excluding diaryl/α,β-unsaturated/α-hetero) is 1. The van der Waals surface area contributed by atoms with Crippen LogP contribution in [-0.2, 0) is 6.54 Å². The lowest BCUT2D eigenvalue weighted by atomic mass is 10.1. The molecule has 1 heterocycles. The number of aromatic nitrogens is 2. The maximum Gasteiger partial charge on any atom is 0.182 e. The highest BCUT2D eigenvalue weighted by Gasteiger charge is 2.09. The van der Waals surface area contributed by atoms with Gasteiger partial charge in [-0.15, -0.1) is 0 Å². The Balaban J connectivity index is 0.00000200. The van der Waals surface area contributed by atoms with Gasteiger partial charge in [-0.25, -0.2) is 4.98 Å². The average molecular weight is 447 g/mol. The fraction of sp³-hybridized carbons (Fsp3) is 0.214. The van der Waals surface area contributed by atoms with Gasteiger partial charge in [0.15, 0.2) is 5.78 Å². The molecule has 1 N–H and O–H groups in total. The lowest BCUT2D eigenvalue weighted by molar-refractivity contribution is -0.0000121. The molecule has 0 aliphatic heterocycles. The largest absolute Gasteiger partial charge is 1.00 e. The molecule has 0 radical (unpaired) electrons. The van der Waals surface area contributed by atoms with Gasteiger partial charge in [0.05, 0.1) is 6.54 Å². The van der Waals surface area contributed by atoms with E-state index >= 15 is 0 Å². The van der Waals surface area contributed by atoms with Gasteiger partial charge in [0.2, 0.25) is 0 Å². The highest BCUT2D eigenvalue weighted by molar-refractivity contribution is 14.1. The summed E-state index contributed by atoms with van der Waals surface area (Å²) in [7, 11) is 0. The summed E-state index contributed by atoms with van der Waals surface area (Å²) in [5.41, 5.74) is 1.76. The van der Waals surface area contributed by atoms with Crippen molar-refractivity contribution in [3.63, 3.8) is 0 Å². The summed E-state index contributed by atoms with van der Waals surface area (Å²) < 4.78 is 2.71. The Hall–Kier alpha value is -1.02. The molecule has 0 fully saturated rings. The van der Waals surface area contributed by atoms with Gasteiger partial charge in [-0.3, -0.25) is 10.2 Å². The molecule has 6 heteroatoms. The molecule has 0 aliphatic carbocycles. The van der Waals surface area contributed by atoms with E-state index in [4.69, 9.17) is 5.41 Å². The number of aryl methyl sites for hydroxylation is 2. The van der Waals surface area contributed by atoms with Crippen LogP contribution in [0, 0.1) is 22.8 Å². The third-order valence-electron chi connectivity index (χ3n) is 2.83. The molecule has 2 rings (SSSR count). The van der Waals surface area contributed by atoms with Crippen molar-refractivity contribution in [1.82, 2.24) is 9.55 Å². The Bertz CT molecular complexity index is 680. The van der Waals surface area contributed by atoms with Gasteiger partial charge in [-0.2, -0.15) is 0 Å². The second-order valence-electron chi connectivity index (χ2n) is 4.35. The average Bonchev–Trinajstić information content (AvgIpc) is 2.34. The summed E-state index contributed by atoms with van der Waals surface area (Å²) in [6.45, 7) is 3.81. The number of ketones is 1. The van der Waals surface area contributed by atoms with E-state index < -0.39 is 0 Å². The SMILES string of the molecule is Cc1cc(=N)n(CC(=O)c2ccc(I)cc2)c(C)n1.[Br-]. The molecule has 1 aromatic carbocycles. The van der Waals surface area contributed by atoms with Crippen molar-refractivity contribution in [3.8, 4) is 0 Å². The van der Waals surface area contributed by atoms with Crippen LogP contribution in [0.5, 0.6) is 0 Å². The molecule has 0 spiro atoms. The Kier molecular flexibility index (Phi) is 6.07. The summed E-state index contributed by atoms with van der Waals surface area (Å²) in [5.74, 6) is 0.674. The fourth-order valence-electron chi connectivity index (χ4n) is 1.87. The first kappa shape index (κ1) is 17.0. The number of hydrogen-bond donors (Lipinski definition) is 1. The molecule has 106 valence electrons. The van der Waals surface area contributed by atoms with E-state index in [2.05, 4.69) is 27.6 Å². The lowest BCUT2D eigenvalue weighted by Crippen LogP contribution is -3.00. The molecule has 0 bridgehead atoms. The number of carbonyl (C=O) groups is 1. The predicted octanol–water partition coefficient (Wildman–Crippen LogP) is -0.529. The van der Waals surface area contributed by atoms with Crippen molar-refractivity contribution in [3.05, 3.63) is 56.5 Å². The molecule has 0 saturated carbocycles. The molecule has 20 heavy (non-hydrogen) atoms. The standard InChI is InChI=1S/C14H14IN3O.BrH/c1-9-7-14(16)18(10(2)17-9)8-13(19)11-3-5-12(15)6-4-11;/h3-7,16H,8H2,1-2H3;1H/p-1. The van der Waals surface area contributed by atoms with E-state index in [1.807, 2.05) is 38.1 Å². The van der Waals surface area contributed by atoms with Crippen LogP contribution >= 0.6 is 22.6 Å². The fourth-order valence-corrected chi connectivity index (χ4v) is 2.23. The molecular weight excluding hydrogens is 433 g/mol. The first-order valence-electron chi connectivity index (χ1n) is 5.86. The minimum atomic E-state index is -0.0105. The van der Waals surface area contributed by atoms with E-state index in [9.17, 15) is 4.79 Å². The monoisotopic (exact) mass is 446 g/mol. The second-order valence-corrected chi connectivity index (χ2v) is 5.59. The van der Waals surface area contributed by atoms with Crippen molar-refractivity contribution >= 4 is 28.4 Å². The van der Waals surface area contributed by atoms with Gasteiger partial charge in [0, 0.05) is 20.9 Å². The van der Waals surface area contributed by atoms with E-state index in [-0.39, 0.29) is 29.3 Å². The maximum absolute atomic E-state index is 12.2. The minimum Gasteiger partial charge on any atom is -1.00 e. The van der Waals surface area contributed by atoms with Gasteiger partial charge in [0.25, 0.3) is 0 Å². The zero-order valence-corrected chi connectivity index (χ0v) is 14.9. The number of halogens is 2. The van der Waals surface area contributed by atoms with Crippen LogP contribution in [0.3, 0.4) is 0 Å². The quantitative estimate of drug-likeness (QED) is 0.509. The van der Waals surface area contributed by atoms with Crippen LogP contribution in [-0.4, -0.2) is 15.3 Å². The molecule has 4 nitrogen and oxygen atoms in total. The number of benzene rings is 1. The van der Waals surface area contributed by atoms with Crippen molar-refractivity contribution in [2.24, 2.45) is 0 Å². The first-order chi connectivity index (χ1) is 8.97. The summed E-state index contributed by atoms with van der Waals surface area (Å²) in [6.07, 6.45) is 0. The predicted molar refractivity (Wildman–Crippen MR) is 81.0 cm³/mol. The summed E-state index contributed by atoms with van der Waals surface area (Å²) in [6, 6.07) is 9.09. The normalized spacial score (nSPS) is 9.95. The van der Waals surface area contributed by atoms with Crippen LogP contribution in [0.4, 0.5) is 0 Å². The number of rotatable bonds is 3. The Morgan fingerprint density at radius 1 is 1.30 bits per heavy atom. The van der Waals surface area contributed by atoms with Gasteiger partial charge >= 0.3 is 0 Å². The Labute approximate surface area is 141 Å². The van der Waals surface area contributed by atoms with Gasteiger partial charge in [-0.05, 0) is 48.6 Å². The number of hydrogen-bond acceptors (Lipinski definition) is 3. The van der Waals surface area contributed by atoms with Crippen LogP contribution < -0.4 is 22.5 Å². The lowest BCUT2D eigenvalue weighted by Gasteiger charge is -2.10. The van der Waals surface area contributed by atoms with Gasteiger partial charge < -0.3 is 21.5 Å². The summed E-state index contributed by atoms with van der Waals surface area (Å²) in [4.78, 5) is 16.5. The Morgan fingerprint density at radius 2 is 1.90 bits per heavy atom. The third-order valence-corrected chi connectivity index (χ3v) is 3.55. The molecule has 0 aliphatic rings. The van der Waals surface area contributed by atoms with Crippen molar-refractivity contribution in [2.75, 3.05) is 0 Å². The maximum atomic E-state index is 12.2. The zero-order chi connectivity index (χ0) is 14.0. The van der Waals surface area contributed by atoms with E-state index in [0.717, 1.165) is 9.26 Å². The first-order valence-corrected chi connectivity index (χ1v) is 6.93. The highest BCUT2D eigenvalue weighted by Crippen LogP contribution is 2.08. The summed E-state index contributed by atoms with van der Waals surface area (Å²) in [5, 5.41) is 7.91. The van der Waals surface area contributed by atoms with Crippen molar-refractivity contribution < 1.29 is 21.8 Å². The zero-order valence-electron chi connectivity index (χ0n) is 11.2. The third kappa shape index (κ3) is 3.99. The van der Waals surface area contributed by atoms with Crippen molar-refractivity contribution in [2.45, 2.75) is 20.4 Å². The van der Waals surface area contributed by atoms with E-state index in [0.29, 0.717) is 16.9 Å². The summed E-state index contributed by atoms with van der Waals surface area (Å²) >= 11 is 2.20. The Morgan fingerprint density at radius 3 is 2.45 bits per heavy atom. The van der Waals surface area contributed by atoms with Crippen LogP contribution in [0.1, 0.15) is 21.9 Å². The molecule has 2 aromatic rings. The number of nitrogens with zero attached hydrogens (tertiary/aromatic N) is 2. The number of carbonyl (C=O) groups excluding carboxylic acids is 1. The molecule has 0 saturated heterocycles. The molecule has 0 atom stereocenters. The molecule has 1 aromatic heterocycles. The minimum absolute atomic E-state index is 0. The van der Waals surface area contributed by atoms with E-state index in [1.165, 1.54) is 0 Å². The molecule has 0 amide bonds. The molecular formula is C14H14BrIN3O-. The van der Waals surface area contributed by atoms with Gasteiger partial charge in [-0.1, -0.05) is 12.1 Å². The number of nitrogens with one attached hydrogen (secondary N) is 1. The highest BCUT2D eigenvalue weighted by atomic mass is 127.